The van der Waals surface area contributed by atoms with Crippen LogP contribution in [0.5, 0.6) is 0 Å². The Hall–Kier alpha value is -4.68. The van der Waals surface area contributed by atoms with Gasteiger partial charge in [0.2, 0.25) is 0 Å². The van der Waals surface area contributed by atoms with Gasteiger partial charge >= 0.3 is 0 Å². The van der Waals surface area contributed by atoms with Gasteiger partial charge in [0, 0.05) is 0 Å². The summed E-state index contributed by atoms with van der Waals surface area (Å²) in [4.78, 5) is 0. The second-order valence-electron chi connectivity index (χ2n) is 8.93. The number of allylic oxidation sites excluding steroid dienone is 5. The summed E-state index contributed by atoms with van der Waals surface area (Å²) in [5, 5.41) is 0. The Labute approximate surface area is 213 Å². The molecular weight excluding hydrogens is 432 g/mol. The maximum atomic E-state index is 2.35. The second-order valence-corrected chi connectivity index (χ2v) is 8.93. The average Bonchev–Trinajstić information content (AvgIpc) is 3.30. The topological polar surface area (TPSA) is 0 Å². The summed E-state index contributed by atoms with van der Waals surface area (Å²) in [6.45, 7) is 0. The Morgan fingerprint density at radius 2 is 0.556 bits per heavy atom. The van der Waals surface area contributed by atoms with Crippen LogP contribution < -0.4 is 0 Å². The van der Waals surface area contributed by atoms with Crippen molar-refractivity contribution in [2.24, 2.45) is 0 Å². The van der Waals surface area contributed by atoms with Crippen molar-refractivity contribution >= 4 is 28.4 Å². The SMILES string of the molecule is C(=C1C(c2ccccc2)=C(c2ccccc2)C(c2ccccc2)=C1c1ccccc1)c1ccccc1. The molecule has 0 spiro atoms. The lowest BCUT2D eigenvalue weighted by atomic mass is 9.89. The summed E-state index contributed by atoms with van der Waals surface area (Å²) in [5.74, 6) is 0. The highest BCUT2D eigenvalue weighted by molar-refractivity contribution is 6.35. The zero-order chi connectivity index (χ0) is 24.2. The van der Waals surface area contributed by atoms with Crippen LogP contribution in [0.3, 0.4) is 0 Å². The molecule has 5 aromatic rings. The third-order valence-corrected chi connectivity index (χ3v) is 6.65. The minimum absolute atomic E-state index is 1.19. The molecule has 0 atom stereocenters. The molecule has 1 aliphatic carbocycles. The van der Waals surface area contributed by atoms with E-state index in [1.54, 1.807) is 0 Å². The second kappa shape index (κ2) is 9.90. The van der Waals surface area contributed by atoms with Crippen molar-refractivity contribution in [1.82, 2.24) is 0 Å². The zero-order valence-corrected chi connectivity index (χ0v) is 20.0. The van der Waals surface area contributed by atoms with Crippen LogP contribution in [0.4, 0.5) is 0 Å². The van der Waals surface area contributed by atoms with E-state index in [2.05, 4.69) is 158 Å². The van der Waals surface area contributed by atoms with Crippen LogP contribution in [0.25, 0.3) is 28.4 Å². The Balaban J connectivity index is 1.77. The third-order valence-electron chi connectivity index (χ3n) is 6.65. The van der Waals surface area contributed by atoms with E-state index in [-0.39, 0.29) is 0 Å². The summed E-state index contributed by atoms with van der Waals surface area (Å²) >= 11 is 0. The molecule has 0 heteroatoms. The van der Waals surface area contributed by atoms with Gasteiger partial charge < -0.3 is 0 Å². The lowest BCUT2D eigenvalue weighted by Crippen LogP contribution is -1.92. The minimum atomic E-state index is 1.19. The van der Waals surface area contributed by atoms with Crippen molar-refractivity contribution in [3.05, 3.63) is 185 Å². The fraction of sp³-hybridized carbons (Fsp3) is 0. The highest BCUT2D eigenvalue weighted by Gasteiger charge is 2.32. The number of hydrogen-bond donors (Lipinski definition) is 0. The lowest BCUT2D eigenvalue weighted by molar-refractivity contribution is 1.57. The lowest BCUT2D eigenvalue weighted by Gasteiger charge is -2.14. The Bertz CT molecular complexity index is 1450. The van der Waals surface area contributed by atoms with Crippen molar-refractivity contribution in [3.8, 4) is 0 Å². The molecule has 0 saturated heterocycles. The number of hydrogen-bond acceptors (Lipinski definition) is 0. The first-order valence-electron chi connectivity index (χ1n) is 12.4. The van der Waals surface area contributed by atoms with Gasteiger partial charge in [0.05, 0.1) is 0 Å². The summed E-state index contributed by atoms with van der Waals surface area (Å²) in [6, 6.07) is 53.9. The molecule has 1 aliphatic rings. The maximum Gasteiger partial charge on any atom is -0.00141 e. The molecule has 0 amide bonds. The Morgan fingerprint density at radius 1 is 0.278 bits per heavy atom. The van der Waals surface area contributed by atoms with E-state index in [0.29, 0.717) is 0 Å². The molecule has 0 N–H and O–H groups in total. The molecule has 0 aromatic heterocycles. The first-order chi connectivity index (χ1) is 17.9. The summed E-state index contributed by atoms with van der Waals surface area (Å²) in [6.07, 6.45) is 2.35. The Kier molecular flexibility index (Phi) is 6.00. The molecule has 36 heavy (non-hydrogen) atoms. The van der Waals surface area contributed by atoms with Crippen LogP contribution in [-0.4, -0.2) is 0 Å². The third kappa shape index (κ3) is 4.15. The van der Waals surface area contributed by atoms with Crippen molar-refractivity contribution < 1.29 is 0 Å². The number of benzene rings is 5. The highest BCUT2D eigenvalue weighted by Crippen LogP contribution is 2.55. The highest BCUT2D eigenvalue weighted by atomic mass is 14.3. The van der Waals surface area contributed by atoms with E-state index in [0.717, 1.165) is 0 Å². The van der Waals surface area contributed by atoms with Gasteiger partial charge in [-0.3, -0.25) is 0 Å². The van der Waals surface area contributed by atoms with E-state index in [1.807, 2.05) is 0 Å². The first kappa shape index (κ1) is 21.8. The van der Waals surface area contributed by atoms with E-state index >= 15 is 0 Å². The van der Waals surface area contributed by atoms with Gasteiger partial charge in [0.1, 0.15) is 0 Å². The molecule has 0 bridgehead atoms. The van der Waals surface area contributed by atoms with Gasteiger partial charge in [-0.1, -0.05) is 152 Å². The fourth-order valence-corrected chi connectivity index (χ4v) is 5.10. The maximum absolute atomic E-state index is 2.35. The first-order valence-corrected chi connectivity index (χ1v) is 12.4. The molecular formula is C36H26. The molecule has 0 nitrogen and oxygen atoms in total. The van der Waals surface area contributed by atoms with E-state index in [9.17, 15) is 0 Å². The van der Waals surface area contributed by atoms with E-state index in [4.69, 9.17) is 0 Å². The molecule has 0 radical (unpaired) electrons. The molecule has 0 unspecified atom stereocenters. The van der Waals surface area contributed by atoms with Crippen molar-refractivity contribution in [2.75, 3.05) is 0 Å². The van der Waals surface area contributed by atoms with Crippen LogP contribution in [0.1, 0.15) is 27.8 Å². The number of rotatable bonds is 5. The summed E-state index contributed by atoms with van der Waals surface area (Å²) < 4.78 is 0. The molecule has 0 aliphatic heterocycles. The van der Waals surface area contributed by atoms with Crippen LogP contribution in [-0.2, 0) is 0 Å². The van der Waals surface area contributed by atoms with Crippen LogP contribution >= 0.6 is 0 Å². The van der Waals surface area contributed by atoms with Crippen LogP contribution in [0, 0.1) is 0 Å². The monoisotopic (exact) mass is 458 g/mol. The van der Waals surface area contributed by atoms with Crippen molar-refractivity contribution in [1.29, 1.82) is 0 Å². The predicted molar refractivity (Wildman–Crippen MR) is 154 cm³/mol. The molecule has 5 aromatic carbocycles. The predicted octanol–water partition coefficient (Wildman–Crippen LogP) is 9.31. The van der Waals surface area contributed by atoms with Crippen LogP contribution in [0.15, 0.2) is 157 Å². The average molecular weight is 459 g/mol. The van der Waals surface area contributed by atoms with Gasteiger partial charge in [-0.15, -0.1) is 0 Å². The molecule has 6 rings (SSSR count). The van der Waals surface area contributed by atoms with Gasteiger partial charge in [0.15, 0.2) is 0 Å². The van der Waals surface area contributed by atoms with Crippen molar-refractivity contribution in [2.45, 2.75) is 0 Å². The smallest absolute Gasteiger partial charge is 0.00141 e. The molecule has 170 valence electrons. The van der Waals surface area contributed by atoms with Crippen molar-refractivity contribution in [3.63, 3.8) is 0 Å². The quantitative estimate of drug-likeness (QED) is 0.246. The summed E-state index contributed by atoms with van der Waals surface area (Å²) in [5.41, 5.74) is 12.4. The van der Waals surface area contributed by atoms with E-state index in [1.165, 1.54) is 55.7 Å². The largest absolute Gasteiger partial charge is 0.0622 e. The fourth-order valence-electron chi connectivity index (χ4n) is 5.10. The molecule has 0 heterocycles. The molecule has 0 saturated carbocycles. The minimum Gasteiger partial charge on any atom is -0.0622 e. The van der Waals surface area contributed by atoms with Gasteiger partial charge in [-0.05, 0) is 61.8 Å². The van der Waals surface area contributed by atoms with Gasteiger partial charge in [-0.25, -0.2) is 0 Å². The standard InChI is InChI=1S/C36H26/c1-6-16-27(17-7-1)26-32-33(28-18-8-2-9-19-28)35(30-22-12-4-13-23-30)36(31-24-14-5-15-25-31)34(32)29-20-10-3-11-21-29/h1-26H. The van der Waals surface area contributed by atoms with Gasteiger partial charge in [0.25, 0.3) is 0 Å². The molecule has 0 fully saturated rings. The van der Waals surface area contributed by atoms with Crippen LogP contribution in [0.2, 0.25) is 0 Å². The Morgan fingerprint density at radius 3 is 0.889 bits per heavy atom. The van der Waals surface area contributed by atoms with E-state index < -0.39 is 0 Å². The zero-order valence-electron chi connectivity index (χ0n) is 20.0. The normalized spacial score (nSPS) is 13.3. The summed E-state index contributed by atoms with van der Waals surface area (Å²) in [7, 11) is 0. The van der Waals surface area contributed by atoms with Gasteiger partial charge in [-0.2, -0.15) is 0 Å².